The molecule has 100 valence electrons. The zero-order chi connectivity index (χ0) is 13.8. The van der Waals surface area contributed by atoms with Gasteiger partial charge in [-0.15, -0.1) is 0 Å². The molecular weight excluding hydrogens is 333 g/mol. The molecule has 0 spiro atoms. The minimum atomic E-state index is -0.429. The number of nitrogens with one attached hydrogen (secondary N) is 1. The molecule has 3 N–H and O–H groups in total. The van der Waals surface area contributed by atoms with Crippen LogP contribution >= 0.6 is 27.5 Å². The topological polar surface area (TPSA) is 50.9 Å². The number of hydrogen-bond donors (Lipinski definition) is 2. The third kappa shape index (κ3) is 3.51. The largest absolute Gasteiger partial charge is 0.271 e. The summed E-state index contributed by atoms with van der Waals surface area (Å²) in [6.45, 7) is 0. The number of halogens is 3. The summed E-state index contributed by atoms with van der Waals surface area (Å²) >= 11 is 9.20. The van der Waals surface area contributed by atoms with Gasteiger partial charge in [0.15, 0.2) is 0 Å². The number of nitrogens with zero attached hydrogens (tertiary/aromatic N) is 1. The Labute approximate surface area is 124 Å². The van der Waals surface area contributed by atoms with E-state index in [1.165, 1.54) is 6.07 Å². The molecule has 0 aliphatic carbocycles. The van der Waals surface area contributed by atoms with Gasteiger partial charge in [-0.3, -0.25) is 16.3 Å². The van der Waals surface area contributed by atoms with E-state index in [1.807, 2.05) is 12.1 Å². The Balaban J connectivity index is 2.24. The van der Waals surface area contributed by atoms with E-state index >= 15 is 0 Å². The molecule has 6 heteroatoms. The molecule has 0 fully saturated rings. The van der Waals surface area contributed by atoms with Crippen LogP contribution in [0.3, 0.4) is 0 Å². The summed E-state index contributed by atoms with van der Waals surface area (Å²) in [5.41, 5.74) is 4.39. The molecule has 0 aliphatic rings. The number of hydrazine groups is 1. The molecule has 1 atom stereocenters. The number of nitrogens with two attached hydrogens (primary N) is 1. The van der Waals surface area contributed by atoms with E-state index < -0.39 is 5.82 Å². The van der Waals surface area contributed by atoms with E-state index in [0.717, 1.165) is 15.7 Å². The third-order valence-electron chi connectivity index (χ3n) is 2.74. The number of benzene rings is 1. The lowest BCUT2D eigenvalue weighted by Gasteiger charge is -2.17. The van der Waals surface area contributed by atoms with Crippen LogP contribution in [0.1, 0.15) is 17.3 Å². The van der Waals surface area contributed by atoms with Crippen LogP contribution in [0.15, 0.2) is 41.0 Å². The van der Waals surface area contributed by atoms with Gasteiger partial charge in [0.2, 0.25) is 0 Å². The maximum atomic E-state index is 13.1. The second-order valence-electron chi connectivity index (χ2n) is 4.04. The molecule has 1 unspecified atom stereocenters. The fourth-order valence-electron chi connectivity index (χ4n) is 1.79. The summed E-state index contributed by atoms with van der Waals surface area (Å²) in [7, 11) is 0. The van der Waals surface area contributed by atoms with Gasteiger partial charge in [-0.2, -0.15) is 0 Å². The summed E-state index contributed by atoms with van der Waals surface area (Å²) in [6, 6.07) is 8.16. The highest BCUT2D eigenvalue weighted by molar-refractivity contribution is 9.10. The quantitative estimate of drug-likeness (QED) is 0.660. The van der Waals surface area contributed by atoms with Gasteiger partial charge in [0.05, 0.1) is 16.8 Å². The van der Waals surface area contributed by atoms with Crippen molar-refractivity contribution in [1.29, 1.82) is 0 Å². The fraction of sp³-hybridized carbons (Fsp3) is 0.154. The van der Waals surface area contributed by atoms with Crippen molar-refractivity contribution in [2.24, 2.45) is 5.84 Å². The van der Waals surface area contributed by atoms with Gasteiger partial charge < -0.3 is 0 Å². The number of aromatic nitrogens is 1. The predicted octanol–water partition coefficient (Wildman–Crippen LogP) is 3.38. The average molecular weight is 345 g/mol. The van der Waals surface area contributed by atoms with Crippen LogP contribution in [0, 0.1) is 5.82 Å². The third-order valence-corrected chi connectivity index (χ3v) is 3.70. The first-order valence-corrected chi connectivity index (χ1v) is 6.79. The highest BCUT2D eigenvalue weighted by atomic mass is 79.9. The molecule has 0 amide bonds. The van der Waals surface area contributed by atoms with Crippen molar-refractivity contribution in [3.8, 4) is 0 Å². The summed E-state index contributed by atoms with van der Waals surface area (Å²) in [5, 5.41) is 0.105. The Morgan fingerprint density at radius 3 is 2.84 bits per heavy atom. The molecular formula is C13H12BrClFN3. The molecule has 1 heterocycles. The molecule has 3 nitrogen and oxygen atoms in total. The van der Waals surface area contributed by atoms with E-state index in [9.17, 15) is 4.39 Å². The smallest absolute Gasteiger partial charge is 0.141 e. The molecule has 2 rings (SSSR count). The maximum Gasteiger partial charge on any atom is 0.141 e. The van der Waals surface area contributed by atoms with Crippen LogP contribution in [-0.4, -0.2) is 4.98 Å². The van der Waals surface area contributed by atoms with E-state index in [2.05, 4.69) is 26.3 Å². The van der Waals surface area contributed by atoms with Crippen molar-refractivity contribution in [2.45, 2.75) is 12.5 Å². The minimum Gasteiger partial charge on any atom is -0.271 e. The molecule has 1 aromatic carbocycles. The van der Waals surface area contributed by atoms with Crippen molar-refractivity contribution < 1.29 is 4.39 Å². The fourth-order valence-corrected chi connectivity index (χ4v) is 2.53. The van der Waals surface area contributed by atoms with E-state index in [1.54, 1.807) is 18.3 Å². The maximum absolute atomic E-state index is 13.1. The van der Waals surface area contributed by atoms with Crippen LogP contribution in [0.4, 0.5) is 4.39 Å². The monoisotopic (exact) mass is 343 g/mol. The molecule has 0 bridgehead atoms. The van der Waals surface area contributed by atoms with Gasteiger partial charge in [0.25, 0.3) is 0 Å². The van der Waals surface area contributed by atoms with Crippen LogP contribution in [0.25, 0.3) is 0 Å². The first-order valence-electron chi connectivity index (χ1n) is 5.62. The molecule has 0 radical (unpaired) electrons. The van der Waals surface area contributed by atoms with E-state index in [4.69, 9.17) is 17.4 Å². The standard InChI is InChI=1S/C13H12BrClFN3/c14-9-2-1-5-18-13(9)12(19-17)7-8-3-4-11(16)10(15)6-8/h1-6,12,19H,7,17H2. The van der Waals surface area contributed by atoms with E-state index in [-0.39, 0.29) is 11.1 Å². The van der Waals surface area contributed by atoms with Crippen LogP contribution in [-0.2, 0) is 6.42 Å². The summed E-state index contributed by atoms with van der Waals surface area (Å²) in [4.78, 5) is 4.29. The van der Waals surface area contributed by atoms with Gasteiger partial charge in [-0.05, 0) is 52.2 Å². The molecule has 1 aromatic heterocycles. The van der Waals surface area contributed by atoms with Gasteiger partial charge in [-0.25, -0.2) is 4.39 Å². The normalized spacial score (nSPS) is 12.4. The molecule has 0 saturated heterocycles. The molecule has 0 saturated carbocycles. The van der Waals surface area contributed by atoms with Gasteiger partial charge in [-0.1, -0.05) is 17.7 Å². The number of pyridine rings is 1. The molecule has 0 aliphatic heterocycles. The Morgan fingerprint density at radius 2 is 2.21 bits per heavy atom. The Bertz CT molecular complexity index is 580. The molecule has 19 heavy (non-hydrogen) atoms. The van der Waals surface area contributed by atoms with Gasteiger partial charge in [0, 0.05) is 10.7 Å². The second kappa shape index (κ2) is 6.43. The SMILES string of the molecule is NNC(Cc1ccc(F)c(Cl)c1)c1ncccc1Br. The van der Waals surface area contributed by atoms with Gasteiger partial charge in [0.1, 0.15) is 5.82 Å². The highest BCUT2D eigenvalue weighted by Gasteiger charge is 2.15. The first kappa shape index (κ1) is 14.4. The Kier molecular flexibility index (Phi) is 4.87. The second-order valence-corrected chi connectivity index (χ2v) is 5.30. The summed E-state index contributed by atoms with van der Waals surface area (Å²) in [6.07, 6.45) is 2.26. The van der Waals surface area contributed by atoms with Crippen molar-refractivity contribution in [1.82, 2.24) is 10.4 Å². The number of rotatable bonds is 4. The summed E-state index contributed by atoms with van der Waals surface area (Å²) in [5.74, 6) is 5.14. The van der Waals surface area contributed by atoms with E-state index in [0.29, 0.717) is 6.42 Å². The van der Waals surface area contributed by atoms with Crippen molar-refractivity contribution >= 4 is 27.5 Å². The Morgan fingerprint density at radius 1 is 1.42 bits per heavy atom. The van der Waals surface area contributed by atoms with Crippen molar-refractivity contribution in [3.63, 3.8) is 0 Å². The number of hydrogen-bond acceptors (Lipinski definition) is 3. The predicted molar refractivity (Wildman–Crippen MR) is 77.1 cm³/mol. The zero-order valence-corrected chi connectivity index (χ0v) is 12.2. The van der Waals surface area contributed by atoms with Crippen LogP contribution < -0.4 is 11.3 Å². The average Bonchev–Trinajstić information content (AvgIpc) is 2.41. The molecule has 2 aromatic rings. The lowest BCUT2D eigenvalue weighted by atomic mass is 10.0. The van der Waals surface area contributed by atoms with Crippen LogP contribution in [0.5, 0.6) is 0 Å². The lowest BCUT2D eigenvalue weighted by Crippen LogP contribution is -2.30. The Hall–Kier alpha value is -1.01. The van der Waals surface area contributed by atoms with Crippen molar-refractivity contribution in [3.05, 3.63) is 63.1 Å². The zero-order valence-electron chi connectivity index (χ0n) is 9.91. The first-order chi connectivity index (χ1) is 9.11. The highest BCUT2D eigenvalue weighted by Crippen LogP contribution is 2.25. The van der Waals surface area contributed by atoms with Gasteiger partial charge >= 0.3 is 0 Å². The lowest BCUT2D eigenvalue weighted by molar-refractivity contribution is 0.535. The van der Waals surface area contributed by atoms with Crippen LogP contribution in [0.2, 0.25) is 5.02 Å². The minimum absolute atomic E-state index is 0.105. The summed E-state index contributed by atoms with van der Waals surface area (Å²) < 4.78 is 14.0. The van der Waals surface area contributed by atoms with Crippen molar-refractivity contribution in [2.75, 3.05) is 0 Å².